The van der Waals surface area contributed by atoms with E-state index in [1.165, 1.54) is 0 Å². The van der Waals surface area contributed by atoms with Gasteiger partial charge in [-0.25, -0.2) is 0 Å². The minimum absolute atomic E-state index is 0.0299. The molecule has 0 aromatic carbocycles. The molecule has 0 radical (unpaired) electrons. The van der Waals surface area contributed by atoms with Crippen molar-refractivity contribution in [3.63, 3.8) is 0 Å². The molecule has 1 aliphatic carbocycles. The summed E-state index contributed by atoms with van der Waals surface area (Å²) in [5.74, 6) is -1.35. The first-order valence-electron chi connectivity index (χ1n) is 6.06. The summed E-state index contributed by atoms with van der Waals surface area (Å²) in [6.07, 6.45) is 2.75. The third-order valence-corrected chi connectivity index (χ3v) is 3.20. The van der Waals surface area contributed by atoms with Gasteiger partial charge in [0, 0.05) is 19.1 Å². The van der Waals surface area contributed by atoms with Gasteiger partial charge in [0.05, 0.1) is 12.5 Å². The van der Waals surface area contributed by atoms with E-state index in [1.807, 2.05) is 6.92 Å². The van der Waals surface area contributed by atoms with Crippen LogP contribution in [0.1, 0.15) is 32.6 Å². The van der Waals surface area contributed by atoms with Crippen molar-refractivity contribution in [2.45, 2.75) is 38.6 Å². The molecule has 0 bridgehead atoms. The molecule has 0 aromatic heterocycles. The molecular formula is C12H21NO4. The molecule has 5 heteroatoms. The molecule has 1 fully saturated rings. The summed E-state index contributed by atoms with van der Waals surface area (Å²) in [4.78, 5) is 22.8. The number of methoxy groups -OCH3 is 1. The minimum atomic E-state index is -0.785. The van der Waals surface area contributed by atoms with Gasteiger partial charge in [-0.05, 0) is 26.2 Å². The van der Waals surface area contributed by atoms with E-state index in [2.05, 4.69) is 5.32 Å². The SMILES string of the molecule is COC[C@@H](C)NC(=O)C1CCCC(C(=O)O)C1. The van der Waals surface area contributed by atoms with E-state index >= 15 is 0 Å². The molecule has 0 aromatic rings. The van der Waals surface area contributed by atoms with Crippen LogP contribution < -0.4 is 5.32 Å². The number of aliphatic carboxylic acids is 1. The highest BCUT2D eigenvalue weighted by Gasteiger charge is 2.31. The summed E-state index contributed by atoms with van der Waals surface area (Å²) in [5, 5.41) is 11.8. The quantitative estimate of drug-likeness (QED) is 0.756. The number of carboxylic acids is 1. The van der Waals surface area contributed by atoms with Crippen LogP contribution in [0.5, 0.6) is 0 Å². The average molecular weight is 243 g/mol. The Bertz CT molecular complexity index is 280. The summed E-state index contributed by atoms with van der Waals surface area (Å²) >= 11 is 0. The van der Waals surface area contributed by atoms with Crippen molar-refractivity contribution in [1.29, 1.82) is 0 Å². The molecule has 1 saturated carbocycles. The number of ether oxygens (including phenoxy) is 1. The fraction of sp³-hybridized carbons (Fsp3) is 0.833. The van der Waals surface area contributed by atoms with Crippen LogP contribution in [-0.4, -0.2) is 36.7 Å². The number of nitrogens with one attached hydrogen (secondary N) is 1. The smallest absolute Gasteiger partial charge is 0.306 e. The molecule has 1 amide bonds. The standard InChI is InChI=1S/C12H21NO4/c1-8(7-17-2)13-11(14)9-4-3-5-10(6-9)12(15)16/h8-10H,3-7H2,1-2H3,(H,13,14)(H,15,16)/t8-,9?,10?/m1/s1. The maximum atomic E-state index is 11.9. The minimum Gasteiger partial charge on any atom is -0.481 e. The van der Waals surface area contributed by atoms with Gasteiger partial charge in [-0.15, -0.1) is 0 Å². The molecule has 2 unspecified atom stereocenters. The largest absolute Gasteiger partial charge is 0.481 e. The van der Waals surface area contributed by atoms with Crippen LogP contribution in [-0.2, 0) is 14.3 Å². The van der Waals surface area contributed by atoms with E-state index < -0.39 is 5.97 Å². The van der Waals surface area contributed by atoms with Gasteiger partial charge in [-0.3, -0.25) is 9.59 Å². The van der Waals surface area contributed by atoms with Gasteiger partial charge in [-0.1, -0.05) is 6.42 Å². The van der Waals surface area contributed by atoms with E-state index in [4.69, 9.17) is 9.84 Å². The number of hydrogen-bond acceptors (Lipinski definition) is 3. The predicted molar refractivity (Wildman–Crippen MR) is 62.6 cm³/mol. The highest BCUT2D eigenvalue weighted by molar-refractivity contribution is 5.80. The highest BCUT2D eigenvalue weighted by atomic mass is 16.5. The lowest BCUT2D eigenvalue weighted by atomic mass is 9.81. The zero-order valence-corrected chi connectivity index (χ0v) is 10.4. The van der Waals surface area contributed by atoms with Crippen LogP contribution in [0.4, 0.5) is 0 Å². The molecular weight excluding hydrogens is 222 g/mol. The van der Waals surface area contributed by atoms with E-state index in [0.717, 1.165) is 12.8 Å². The zero-order chi connectivity index (χ0) is 12.8. The highest BCUT2D eigenvalue weighted by Crippen LogP contribution is 2.29. The number of rotatable bonds is 5. The number of carboxylic acid groups (broad SMARTS) is 1. The Morgan fingerprint density at radius 2 is 2.06 bits per heavy atom. The number of carbonyl (C=O) groups excluding carboxylic acids is 1. The summed E-state index contributed by atoms with van der Waals surface area (Å²) in [6.45, 7) is 2.35. The summed E-state index contributed by atoms with van der Waals surface area (Å²) < 4.78 is 4.94. The molecule has 98 valence electrons. The summed E-state index contributed by atoms with van der Waals surface area (Å²) in [5.41, 5.74) is 0. The van der Waals surface area contributed by atoms with Gasteiger partial charge in [-0.2, -0.15) is 0 Å². The van der Waals surface area contributed by atoms with E-state index in [0.29, 0.717) is 19.4 Å². The first-order valence-corrected chi connectivity index (χ1v) is 6.06. The van der Waals surface area contributed by atoms with Crippen molar-refractivity contribution in [1.82, 2.24) is 5.32 Å². The zero-order valence-electron chi connectivity index (χ0n) is 10.4. The topological polar surface area (TPSA) is 75.6 Å². The van der Waals surface area contributed by atoms with Crippen molar-refractivity contribution in [2.75, 3.05) is 13.7 Å². The predicted octanol–water partition coefficient (Wildman–Crippen LogP) is 1.03. The first-order chi connectivity index (χ1) is 8.04. The molecule has 2 N–H and O–H groups in total. The first kappa shape index (κ1) is 14.0. The van der Waals surface area contributed by atoms with Crippen molar-refractivity contribution in [3.05, 3.63) is 0 Å². The monoisotopic (exact) mass is 243 g/mol. The average Bonchev–Trinajstić information content (AvgIpc) is 2.29. The molecule has 0 saturated heterocycles. The van der Waals surface area contributed by atoms with Crippen LogP contribution in [0.25, 0.3) is 0 Å². The molecule has 1 aliphatic rings. The summed E-state index contributed by atoms with van der Waals surface area (Å²) in [7, 11) is 1.59. The van der Waals surface area contributed by atoms with Crippen molar-refractivity contribution in [3.8, 4) is 0 Å². The lowest BCUT2D eigenvalue weighted by molar-refractivity contribution is -0.144. The Morgan fingerprint density at radius 1 is 1.41 bits per heavy atom. The van der Waals surface area contributed by atoms with Gasteiger partial charge >= 0.3 is 5.97 Å². The Labute approximate surface area is 102 Å². The molecule has 0 aliphatic heterocycles. The van der Waals surface area contributed by atoms with Gasteiger partial charge in [0.15, 0.2) is 0 Å². The number of carbonyl (C=O) groups is 2. The normalized spacial score (nSPS) is 26.2. The second-order valence-corrected chi connectivity index (χ2v) is 4.76. The fourth-order valence-electron chi connectivity index (χ4n) is 2.30. The Balaban J connectivity index is 2.43. The van der Waals surface area contributed by atoms with Crippen LogP contribution in [0, 0.1) is 11.8 Å². The van der Waals surface area contributed by atoms with Crippen molar-refractivity contribution >= 4 is 11.9 Å². The third-order valence-electron chi connectivity index (χ3n) is 3.20. The van der Waals surface area contributed by atoms with Crippen molar-refractivity contribution in [2.24, 2.45) is 11.8 Å². The second kappa shape index (κ2) is 6.59. The Kier molecular flexibility index (Phi) is 5.41. The Hall–Kier alpha value is -1.10. The molecule has 1 rings (SSSR count). The lowest BCUT2D eigenvalue weighted by Gasteiger charge is -2.26. The Morgan fingerprint density at radius 3 is 2.65 bits per heavy atom. The van der Waals surface area contributed by atoms with Gasteiger partial charge in [0.1, 0.15) is 0 Å². The lowest BCUT2D eigenvalue weighted by Crippen LogP contribution is -2.41. The van der Waals surface area contributed by atoms with Gasteiger partial charge < -0.3 is 15.2 Å². The number of hydrogen-bond donors (Lipinski definition) is 2. The van der Waals surface area contributed by atoms with E-state index in [1.54, 1.807) is 7.11 Å². The third kappa shape index (κ3) is 4.34. The van der Waals surface area contributed by atoms with Crippen molar-refractivity contribution < 1.29 is 19.4 Å². The molecule has 17 heavy (non-hydrogen) atoms. The fourth-order valence-corrected chi connectivity index (χ4v) is 2.30. The van der Waals surface area contributed by atoms with E-state index in [9.17, 15) is 9.59 Å². The van der Waals surface area contributed by atoms with Crippen LogP contribution >= 0.6 is 0 Å². The molecule has 0 heterocycles. The van der Waals surface area contributed by atoms with E-state index in [-0.39, 0.29) is 23.8 Å². The van der Waals surface area contributed by atoms with Crippen LogP contribution in [0.2, 0.25) is 0 Å². The summed E-state index contributed by atoms with van der Waals surface area (Å²) in [6, 6.07) is -0.0299. The molecule has 3 atom stereocenters. The maximum Gasteiger partial charge on any atom is 0.306 e. The second-order valence-electron chi connectivity index (χ2n) is 4.76. The molecule has 0 spiro atoms. The van der Waals surface area contributed by atoms with Gasteiger partial charge in [0.2, 0.25) is 5.91 Å². The van der Waals surface area contributed by atoms with Gasteiger partial charge in [0.25, 0.3) is 0 Å². The number of amides is 1. The van der Waals surface area contributed by atoms with Crippen LogP contribution in [0.3, 0.4) is 0 Å². The maximum absolute atomic E-state index is 11.9. The molecule has 5 nitrogen and oxygen atoms in total. The van der Waals surface area contributed by atoms with Crippen LogP contribution in [0.15, 0.2) is 0 Å².